The Bertz CT molecular complexity index is 348. The average Bonchev–Trinajstić information content (AvgIpc) is 2.37. The van der Waals surface area contributed by atoms with E-state index in [4.69, 9.17) is 4.74 Å². The summed E-state index contributed by atoms with van der Waals surface area (Å²) in [5.74, 6) is 0.562. The van der Waals surface area contributed by atoms with Crippen molar-refractivity contribution in [3.8, 4) is 0 Å². The van der Waals surface area contributed by atoms with Gasteiger partial charge in [0.2, 0.25) is 0 Å². The molecule has 0 amide bonds. The molecule has 0 bridgehead atoms. The minimum atomic E-state index is 0.207. The van der Waals surface area contributed by atoms with Gasteiger partial charge in [-0.2, -0.15) is 0 Å². The van der Waals surface area contributed by atoms with Crippen LogP contribution in [0.5, 0.6) is 0 Å². The highest BCUT2D eigenvalue weighted by molar-refractivity contribution is 5.23. The van der Waals surface area contributed by atoms with Crippen molar-refractivity contribution in [1.29, 1.82) is 0 Å². The number of hydrogen-bond acceptors (Lipinski definition) is 2. The van der Waals surface area contributed by atoms with E-state index in [9.17, 15) is 0 Å². The molecule has 0 aliphatic heterocycles. The van der Waals surface area contributed by atoms with Gasteiger partial charge in [-0.25, -0.2) is 0 Å². The Kier molecular flexibility index (Phi) is 6.53. The van der Waals surface area contributed by atoms with Crippen molar-refractivity contribution >= 4 is 0 Å². The summed E-state index contributed by atoms with van der Waals surface area (Å²) < 4.78 is 5.17. The summed E-state index contributed by atoms with van der Waals surface area (Å²) in [6, 6.07) is 11.3. The Morgan fingerprint density at radius 1 is 1.16 bits per heavy atom. The molecule has 0 fully saturated rings. The van der Waals surface area contributed by atoms with E-state index in [1.807, 2.05) is 0 Å². The highest BCUT2D eigenvalue weighted by atomic mass is 16.5. The maximum Gasteiger partial charge on any atom is 0.0499 e. The van der Waals surface area contributed by atoms with Crippen molar-refractivity contribution in [1.82, 2.24) is 5.32 Å². The molecule has 1 rings (SSSR count). The molecule has 0 radical (unpaired) electrons. The van der Waals surface area contributed by atoms with Gasteiger partial charge in [-0.15, -0.1) is 0 Å². The van der Waals surface area contributed by atoms with Crippen LogP contribution in [0.15, 0.2) is 30.3 Å². The lowest BCUT2D eigenvalue weighted by atomic mass is 9.79. The summed E-state index contributed by atoms with van der Waals surface area (Å²) in [5, 5.41) is 3.61. The van der Waals surface area contributed by atoms with Gasteiger partial charge in [0.15, 0.2) is 0 Å². The van der Waals surface area contributed by atoms with Crippen LogP contribution in [0.25, 0.3) is 0 Å². The molecule has 108 valence electrons. The van der Waals surface area contributed by atoms with Crippen molar-refractivity contribution < 1.29 is 4.74 Å². The molecule has 2 unspecified atom stereocenters. The quantitative estimate of drug-likeness (QED) is 0.773. The number of nitrogens with one attached hydrogen (secondary N) is 1. The molecule has 0 saturated heterocycles. The molecule has 0 aliphatic carbocycles. The highest BCUT2D eigenvalue weighted by Gasteiger charge is 2.23. The summed E-state index contributed by atoms with van der Waals surface area (Å²) >= 11 is 0. The van der Waals surface area contributed by atoms with Gasteiger partial charge in [-0.05, 0) is 30.2 Å². The summed E-state index contributed by atoms with van der Waals surface area (Å²) in [4.78, 5) is 0. The average molecular weight is 263 g/mol. The zero-order valence-electron chi connectivity index (χ0n) is 13.1. The second kappa shape index (κ2) is 7.66. The third kappa shape index (κ3) is 5.75. The Labute approximate surface area is 118 Å². The van der Waals surface area contributed by atoms with Gasteiger partial charge < -0.3 is 10.1 Å². The van der Waals surface area contributed by atoms with Crippen molar-refractivity contribution in [2.75, 3.05) is 20.3 Å². The first-order valence-corrected chi connectivity index (χ1v) is 7.23. The van der Waals surface area contributed by atoms with Crippen LogP contribution < -0.4 is 5.32 Å². The van der Waals surface area contributed by atoms with Gasteiger partial charge in [-0.1, -0.05) is 51.1 Å². The molecule has 1 aromatic rings. The Hall–Kier alpha value is -0.860. The monoisotopic (exact) mass is 263 g/mol. The first kappa shape index (κ1) is 16.2. The maximum absolute atomic E-state index is 5.17. The lowest BCUT2D eigenvalue weighted by Crippen LogP contribution is -2.36. The van der Waals surface area contributed by atoms with Crippen LogP contribution in [0.2, 0.25) is 0 Å². The largest absolute Gasteiger partial charge is 0.384 e. The molecule has 0 spiro atoms. The van der Waals surface area contributed by atoms with Gasteiger partial charge in [0, 0.05) is 26.3 Å². The molecule has 0 saturated carbocycles. The summed E-state index contributed by atoms with van der Waals surface area (Å²) in [6.45, 7) is 11.0. The fraction of sp³-hybridized carbons (Fsp3) is 0.647. The predicted molar refractivity (Wildman–Crippen MR) is 82.6 cm³/mol. The van der Waals surface area contributed by atoms with E-state index in [0.717, 1.165) is 19.6 Å². The molecular formula is C17H29NO. The molecule has 2 nitrogen and oxygen atoms in total. The normalized spacial score (nSPS) is 15.2. The van der Waals surface area contributed by atoms with Crippen LogP contribution in [0, 0.1) is 5.92 Å². The van der Waals surface area contributed by atoms with E-state index in [2.05, 4.69) is 63.3 Å². The van der Waals surface area contributed by atoms with Gasteiger partial charge in [0.05, 0.1) is 0 Å². The number of benzene rings is 1. The van der Waals surface area contributed by atoms with E-state index < -0.39 is 0 Å². The standard InChI is InChI=1S/C17H29NO/c1-14(13-19-5)12-18-15(2)11-17(3,4)16-9-7-6-8-10-16/h6-10,14-15,18H,11-13H2,1-5H3. The van der Waals surface area contributed by atoms with E-state index in [0.29, 0.717) is 12.0 Å². The Morgan fingerprint density at radius 2 is 1.79 bits per heavy atom. The lowest BCUT2D eigenvalue weighted by Gasteiger charge is -2.29. The smallest absolute Gasteiger partial charge is 0.0499 e. The Balaban J connectivity index is 2.45. The van der Waals surface area contributed by atoms with E-state index in [-0.39, 0.29) is 5.41 Å². The molecule has 0 aliphatic rings. The van der Waals surface area contributed by atoms with E-state index in [1.54, 1.807) is 7.11 Å². The zero-order valence-corrected chi connectivity index (χ0v) is 13.1. The minimum absolute atomic E-state index is 0.207. The maximum atomic E-state index is 5.17. The van der Waals surface area contributed by atoms with Gasteiger partial charge in [0.25, 0.3) is 0 Å². The van der Waals surface area contributed by atoms with Gasteiger partial charge >= 0.3 is 0 Å². The SMILES string of the molecule is COCC(C)CNC(C)CC(C)(C)c1ccccc1. The third-order valence-corrected chi connectivity index (χ3v) is 3.64. The van der Waals surface area contributed by atoms with Crippen LogP contribution in [0.3, 0.4) is 0 Å². The topological polar surface area (TPSA) is 21.3 Å². The molecule has 1 aromatic carbocycles. The molecular weight excluding hydrogens is 234 g/mol. The fourth-order valence-corrected chi connectivity index (χ4v) is 2.59. The third-order valence-electron chi connectivity index (χ3n) is 3.64. The number of rotatable bonds is 8. The van der Waals surface area contributed by atoms with Crippen molar-refractivity contribution in [2.24, 2.45) is 5.92 Å². The van der Waals surface area contributed by atoms with E-state index in [1.165, 1.54) is 5.56 Å². The molecule has 0 aromatic heterocycles. The second-order valence-electron chi connectivity index (χ2n) is 6.32. The van der Waals surface area contributed by atoms with Gasteiger partial charge in [-0.3, -0.25) is 0 Å². The molecule has 19 heavy (non-hydrogen) atoms. The Morgan fingerprint density at radius 3 is 2.37 bits per heavy atom. The van der Waals surface area contributed by atoms with Crippen molar-refractivity contribution in [3.05, 3.63) is 35.9 Å². The molecule has 2 atom stereocenters. The first-order chi connectivity index (χ1) is 8.95. The number of ether oxygens (including phenoxy) is 1. The number of hydrogen-bond donors (Lipinski definition) is 1. The summed E-state index contributed by atoms with van der Waals surface area (Å²) in [6.07, 6.45) is 1.14. The first-order valence-electron chi connectivity index (χ1n) is 7.23. The van der Waals surface area contributed by atoms with Crippen LogP contribution in [0.1, 0.15) is 39.7 Å². The van der Waals surface area contributed by atoms with Crippen LogP contribution in [0.4, 0.5) is 0 Å². The van der Waals surface area contributed by atoms with Crippen LogP contribution in [-0.2, 0) is 10.2 Å². The molecule has 2 heteroatoms. The minimum Gasteiger partial charge on any atom is -0.384 e. The van der Waals surface area contributed by atoms with Gasteiger partial charge in [0.1, 0.15) is 0 Å². The molecule has 0 heterocycles. The fourth-order valence-electron chi connectivity index (χ4n) is 2.59. The summed E-state index contributed by atoms with van der Waals surface area (Å²) in [5.41, 5.74) is 1.62. The zero-order chi connectivity index (χ0) is 14.3. The number of methoxy groups -OCH3 is 1. The van der Waals surface area contributed by atoms with Crippen LogP contribution >= 0.6 is 0 Å². The highest BCUT2D eigenvalue weighted by Crippen LogP contribution is 2.28. The van der Waals surface area contributed by atoms with E-state index >= 15 is 0 Å². The van der Waals surface area contributed by atoms with Crippen LogP contribution in [-0.4, -0.2) is 26.3 Å². The molecule has 1 N–H and O–H groups in total. The predicted octanol–water partition coefficient (Wildman–Crippen LogP) is 3.61. The summed E-state index contributed by atoms with van der Waals surface area (Å²) in [7, 11) is 1.76. The lowest BCUT2D eigenvalue weighted by molar-refractivity contribution is 0.156. The second-order valence-corrected chi connectivity index (χ2v) is 6.32. The van der Waals surface area contributed by atoms with Crippen molar-refractivity contribution in [2.45, 2.75) is 45.6 Å². The van der Waals surface area contributed by atoms with Crippen molar-refractivity contribution in [3.63, 3.8) is 0 Å².